The van der Waals surface area contributed by atoms with Crippen molar-refractivity contribution < 1.29 is 4.79 Å². The summed E-state index contributed by atoms with van der Waals surface area (Å²) in [4.78, 5) is 11.5. The molecule has 0 unspecified atom stereocenters. The Morgan fingerprint density at radius 1 is 1.71 bits per heavy atom. The molecule has 0 aliphatic rings. The van der Waals surface area contributed by atoms with Crippen LogP contribution in [0, 0.1) is 0 Å². The fraction of sp³-hybridized carbons (Fsp3) is 0.400. The smallest absolute Gasteiger partial charge is 0.165 e. The standard InChI is InChI=1S/C5H9NO/c1-5(4-7)6(2)3/h4H,1H2,2-3H3. The van der Waals surface area contributed by atoms with Crippen LogP contribution in [0.3, 0.4) is 0 Å². The molecule has 0 spiro atoms. The first-order valence-electron chi connectivity index (χ1n) is 2.00. The molecular weight excluding hydrogens is 90.1 g/mol. The van der Waals surface area contributed by atoms with E-state index < -0.39 is 0 Å². The van der Waals surface area contributed by atoms with Gasteiger partial charge in [0.05, 0.1) is 5.70 Å². The highest BCUT2D eigenvalue weighted by atomic mass is 16.1. The van der Waals surface area contributed by atoms with Crippen LogP contribution < -0.4 is 0 Å². The van der Waals surface area contributed by atoms with Crippen molar-refractivity contribution in [1.82, 2.24) is 4.90 Å². The molecule has 0 aromatic carbocycles. The van der Waals surface area contributed by atoms with Gasteiger partial charge in [0.15, 0.2) is 6.29 Å². The third-order valence-electron chi connectivity index (χ3n) is 0.710. The number of hydrogen-bond acceptors (Lipinski definition) is 2. The Kier molecular flexibility index (Phi) is 2.12. The minimum atomic E-state index is 0.500. The van der Waals surface area contributed by atoms with Crippen LogP contribution >= 0.6 is 0 Å². The summed E-state index contributed by atoms with van der Waals surface area (Å²) in [7, 11) is 3.55. The van der Waals surface area contributed by atoms with Gasteiger partial charge in [-0.3, -0.25) is 4.79 Å². The zero-order valence-electron chi connectivity index (χ0n) is 4.64. The van der Waals surface area contributed by atoms with Crippen molar-refractivity contribution >= 4 is 6.29 Å². The molecule has 0 radical (unpaired) electrons. The second-order valence-corrected chi connectivity index (χ2v) is 1.50. The highest BCUT2D eigenvalue weighted by molar-refractivity contribution is 5.70. The van der Waals surface area contributed by atoms with Gasteiger partial charge in [0, 0.05) is 14.1 Å². The molecule has 2 heteroatoms. The van der Waals surface area contributed by atoms with E-state index in [0.29, 0.717) is 5.70 Å². The number of aldehydes is 1. The maximum absolute atomic E-state index is 9.81. The third kappa shape index (κ3) is 1.98. The Labute approximate surface area is 43.4 Å². The van der Waals surface area contributed by atoms with E-state index in [0.717, 1.165) is 6.29 Å². The lowest BCUT2D eigenvalue weighted by molar-refractivity contribution is -0.105. The summed E-state index contributed by atoms with van der Waals surface area (Å²) in [6.07, 6.45) is 0.722. The van der Waals surface area contributed by atoms with Crippen LogP contribution in [0.5, 0.6) is 0 Å². The van der Waals surface area contributed by atoms with Gasteiger partial charge in [-0.15, -0.1) is 0 Å². The summed E-state index contributed by atoms with van der Waals surface area (Å²) in [6.45, 7) is 3.43. The molecule has 0 bridgehead atoms. The average Bonchev–Trinajstić information content (AvgIpc) is 1.65. The van der Waals surface area contributed by atoms with E-state index in [1.54, 1.807) is 19.0 Å². The summed E-state index contributed by atoms with van der Waals surface area (Å²) < 4.78 is 0. The summed E-state index contributed by atoms with van der Waals surface area (Å²) in [6, 6.07) is 0. The Hall–Kier alpha value is -0.790. The molecule has 0 amide bonds. The monoisotopic (exact) mass is 99.1 g/mol. The van der Waals surface area contributed by atoms with Gasteiger partial charge in [-0.2, -0.15) is 0 Å². The molecule has 0 aromatic rings. The van der Waals surface area contributed by atoms with Crippen molar-refractivity contribution in [2.75, 3.05) is 14.1 Å². The van der Waals surface area contributed by atoms with E-state index in [2.05, 4.69) is 6.58 Å². The van der Waals surface area contributed by atoms with Crippen LogP contribution in [-0.4, -0.2) is 25.3 Å². The first kappa shape index (κ1) is 6.21. The number of likely N-dealkylation sites (N-methyl/N-ethyl adjacent to an activating group) is 1. The van der Waals surface area contributed by atoms with E-state index >= 15 is 0 Å². The highest BCUT2D eigenvalue weighted by Crippen LogP contribution is 1.84. The predicted octanol–water partition coefficient (Wildman–Crippen LogP) is 0.261. The quantitative estimate of drug-likeness (QED) is 0.365. The molecule has 0 aromatic heterocycles. The van der Waals surface area contributed by atoms with Crippen molar-refractivity contribution in [2.45, 2.75) is 0 Å². The van der Waals surface area contributed by atoms with Gasteiger partial charge < -0.3 is 4.90 Å². The summed E-state index contributed by atoms with van der Waals surface area (Å²) in [5.41, 5.74) is 0.500. The first-order valence-corrected chi connectivity index (χ1v) is 2.00. The van der Waals surface area contributed by atoms with E-state index in [1.807, 2.05) is 0 Å². The van der Waals surface area contributed by atoms with Gasteiger partial charge in [-0.1, -0.05) is 6.58 Å². The van der Waals surface area contributed by atoms with Gasteiger partial charge in [0.1, 0.15) is 0 Å². The number of carbonyl (C=O) groups is 1. The normalized spacial score (nSPS) is 7.71. The SMILES string of the molecule is C=C(C=O)N(C)C. The van der Waals surface area contributed by atoms with Crippen LogP contribution in [0.2, 0.25) is 0 Å². The number of hydrogen-bond donors (Lipinski definition) is 0. The third-order valence-corrected chi connectivity index (χ3v) is 0.710. The number of rotatable bonds is 2. The molecule has 0 aliphatic carbocycles. The van der Waals surface area contributed by atoms with E-state index in [-0.39, 0.29) is 0 Å². The minimum absolute atomic E-state index is 0.500. The summed E-state index contributed by atoms with van der Waals surface area (Å²) >= 11 is 0. The van der Waals surface area contributed by atoms with Crippen LogP contribution in [0.4, 0.5) is 0 Å². The van der Waals surface area contributed by atoms with Crippen molar-refractivity contribution in [2.24, 2.45) is 0 Å². The van der Waals surface area contributed by atoms with Gasteiger partial charge in [-0.05, 0) is 0 Å². The van der Waals surface area contributed by atoms with E-state index in [9.17, 15) is 4.79 Å². The largest absolute Gasteiger partial charge is 0.376 e. The van der Waals surface area contributed by atoms with Crippen LogP contribution in [0.25, 0.3) is 0 Å². The lowest BCUT2D eigenvalue weighted by Gasteiger charge is -2.07. The molecule has 7 heavy (non-hydrogen) atoms. The van der Waals surface area contributed by atoms with Crippen LogP contribution in [0.1, 0.15) is 0 Å². The zero-order valence-corrected chi connectivity index (χ0v) is 4.64. The Morgan fingerprint density at radius 3 is 2.14 bits per heavy atom. The van der Waals surface area contributed by atoms with Crippen LogP contribution in [-0.2, 0) is 4.79 Å². The molecular formula is C5H9NO. The van der Waals surface area contributed by atoms with Crippen LogP contribution in [0.15, 0.2) is 12.3 Å². The molecule has 0 saturated carbocycles. The first-order chi connectivity index (χ1) is 3.18. The van der Waals surface area contributed by atoms with Crippen molar-refractivity contribution in [3.63, 3.8) is 0 Å². The minimum Gasteiger partial charge on any atom is -0.376 e. The van der Waals surface area contributed by atoms with Crippen molar-refractivity contribution in [3.05, 3.63) is 12.3 Å². The van der Waals surface area contributed by atoms with Gasteiger partial charge in [0.25, 0.3) is 0 Å². The van der Waals surface area contributed by atoms with Gasteiger partial charge >= 0.3 is 0 Å². The fourth-order valence-corrected chi connectivity index (χ4v) is 0.105. The Morgan fingerprint density at radius 2 is 2.14 bits per heavy atom. The topological polar surface area (TPSA) is 20.3 Å². The maximum atomic E-state index is 9.81. The molecule has 0 rings (SSSR count). The van der Waals surface area contributed by atoms with E-state index in [4.69, 9.17) is 0 Å². The molecule has 2 nitrogen and oxygen atoms in total. The second-order valence-electron chi connectivity index (χ2n) is 1.50. The molecule has 40 valence electrons. The lowest BCUT2D eigenvalue weighted by Crippen LogP contribution is -2.09. The van der Waals surface area contributed by atoms with Gasteiger partial charge in [0.2, 0.25) is 0 Å². The molecule has 0 saturated heterocycles. The number of carbonyl (C=O) groups excluding carboxylic acids is 1. The predicted molar refractivity (Wildman–Crippen MR) is 28.9 cm³/mol. The van der Waals surface area contributed by atoms with Crippen molar-refractivity contribution in [1.29, 1.82) is 0 Å². The maximum Gasteiger partial charge on any atom is 0.165 e. The van der Waals surface area contributed by atoms with E-state index in [1.165, 1.54) is 0 Å². The lowest BCUT2D eigenvalue weighted by atomic mass is 10.5. The highest BCUT2D eigenvalue weighted by Gasteiger charge is 1.87. The Bertz CT molecular complexity index is 86.1. The molecule has 0 atom stereocenters. The van der Waals surface area contributed by atoms with Crippen molar-refractivity contribution in [3.8, 4) is 0 Å². The average molecular weight is 99.1 g/mol. The zero-order chi connectivity index (χ0) is 5.86. The molecule has 0 N–H and O–H groups in total. The summed E-state index contributed by atoms with van der Waals surface area (Å²) in [5.74, 6) is 0. The molecule has 0 aliphatic heterocycles. The van der Waals surface area contributed by atoms with Gasteiger partial charge in [-0.25, -0.2) is 0 Å². The Balaban J connectivity index is 3.56. The fourth-order valence-electron chi connectivity index (χ4n) is 0.105. The molecule has 0 heterocycles. The second kappa shape index (κ2) is 2.39. The number of allylic oxidation sites excluding steroid dienone is 1. The number of nitrogens with zero attached hydrogens (tertiary/aromatic N) is 1. The molecule has 0 fully saturated rings. The summed E-state index contributed by atoms with van der Waals surface area (Å²) in [5, 5.41) is 0.